The summed E-state index contributed by atoms with van der Waals surface area (Å²) in [5, 5.41) is 0. The van der Waals surface area contributed by atoms with Crippen molar-refractivity contribution in [3.05, 3.63) is 22.6 Å². The van der Waals surface area contributed by atoms with Gasteiger partial charge in [-0.1, -0.05) is 6.92 Å². The molecule has 1 saturated heterocycles. The van der Waals surface area contributed by atoms with Gasteiger partial charge in [-0.05, 0) is 20.8 Å². The average molecular weight is 249 g/mol. The van der Waals surface area contributed by atoms with Crippen LogP contribution in [0.4, 0.5) is 0 Å². The molecule has 0 N–H and O–H groups in total. The van der Waals surface area contributed by atoms with Gasteiger partial charge >= 0.3 is 0 Å². The van der Waals surface area contributed by atoms with E-state index in [2.05, 4.69) is 0 Å². The van der Waals surface area contributed by atoms with Crippen LogP contribution in [0.3, 0.4) is 0 Å². The van der Waals surface area contributed by atoms with Gasteiger partial charge in [0.1, 0.15) is 17.3 Å². The number of carbonyl (C=O) groups excluding carboxylic acids is 2. The van der Waals surface area contributed by atoms with Crippen LogP contribution >= 0.6 is 0 Å². The number of carbonyl (C=O) groups is 2. The fraction of sp³-hybridized carbons (Fsp3) is 0.571. The quantitative estimate of drug-likeness (QED) is 0.767. The Balaban J connectivity index is 2.24. The minimum atomic E-state index is -0.0590. The van der Waals surface area contributed by atoms with E-state index in [1.807, 2.05) is 27.7 Å². The van der Waals surface area contributed by atoms with Gasteiger partial charge < -0.3 is 9.32 Å². The third-order valence-corrected chi connectivity index (χ3v) is 3.73. The fourth-order valence-electron chi connectivity index (χ4n) is 2.47. The van der Waals surface area contributed by atoms with Crippen molar-refractivity contribution in [3.63, 3.8) is 0 Å². The third kappa shape index (κ3) is 2.07. The number of furan rings is 1. The highest BCUT2D eigenvalue weighted by Crippen LogP contribution is 2.24. The molecule has 1 amide bonds. The summed E-state index contributed by atoms with van der Waals surface area (Å²) in [6.07, 6.45) is 0.460. The first-order valence-corrected chi connectivity index (χ1v) is 6.30. The minimum Gasteiger partial charge on any atom is -0.466 e. The van der Waals surface area contributed by atoms with E-state index in [0.717, 1.165) is 11.3 Å². The summed E-state index contributed by atoms with van der Waals surface area (Å²) in [7, 11) is 0. The first kappa shape index (κ1) is 12.9. The Morgan fingerprint density at radius 2 is 1.94 bits per heavy atom. The summed E-state index contributed by atoms with van der Waals surface area (Å²) in [6.45, 7) is 8.48. The molecule has 2 heterocycles. The molecule has 1 unspecified atom stereocenters. The summed E-state index contributed by atoms with van der Waals surface area (Å²) in [5.41, 5.74) is 1.57. The minimum absolute atomic E-state index is 0.0128. The molecule has 1 atom stereocenters. The molecule has 1 fully saturated rings. The molecular weight excluding hydrogens is 230 g/mol. The molecule has 1 aromatic heterocycles. The molecule has 1 aromatic rings. The van der Waals surface area contributed by atoms with Crippen LogP contribution in [0.5, 0.6) is 0 Å². The second-order valence-corrected chi connectivity index (χ2v) is 5.08. The average Bonchev–Trinajstić information content (AvgIpc) is 2.56. The Morgan fingerprint density at radius 1 is 1.28 bits per heavy atom. The number of Topliss-reactive ketones (excluding diaryl/α,β-unsaturated/α-hetero) is 1. The Morgan fingerprint density at radius 3 is 2.44 bits per heavy atom. The highest BCUT2D eigenvalue weighted by atomic mass is 16.3. The Bertz CT molecular complexity index is 501. The van der Waals surface area contributed by atoms with Crippen LogP contribution in [0.2, 0.25) is 0 Å². The molecule has 2 rings (SSSR count). The maximum atomic E-state index is 12.5. The van der Waals surface area contributed by atoms with Gasteiger partial charge in [-0.2, -0.15) is 0 Å². The van der Waals surface area contributed by atoms with E-state index in [0.29, 0.717) is 30.8 Å². The van der Waals surface area contributed by atoms with Crippen LogP contribution in [0.1, 0.15) is 40.8 Å². The van der Waals surface area contributed by atoms with Crippen molar-refractivity contribution in [1.82, 2.24) is 4.90 Å². The summed E-state index contributed by atoms with van der Waals surface area (Å²) in [5.74, 6) is 1.63. The smallest absolute Gasteiger partial charge is 0.257 e. The maximum Gasteiger partial charge on any atom is 0.257 e. The van der Waals surface area contributed by atoms with Crippen molar-refractivity contribution in [1.29, 1.82) is 0 Å². The molecule has 0 bridgehead atoms. The molecule has 0 spiro atoms. The van der Waals surface area contributed by atoms with Gasteiger partial charge in [0.2, 0.25) is 0 Å². The van der Waals surface area contributed by atoms with Crippen molar-refractivity contribution < 1.29 is 14.0 Å². The zero-order valence-corrected chi connectivity index (χ0v) is 11.4. The lowest BCUT2D eigenvalue weighted by Gasteiger charge is -2.30. The van der Waals surface area contributed by atoms with Crippen LogP contribution in [-0.4, -0.2) is 29.7 Å². The van der Waals surface area contributed by atoms with Crippen molar-refractivity contribution in [2.75, 3.05) is 13.1 Å². The molecule has 0 saturated carbocycles. The van der Waals surface area contributed by atoms with Crippen LogP contribution in [0.15, 0.2) is 4.42 Å². The van der Waals surface area contributed by atoms with Gasteiger partial charge in [-0.15, -0.1) is 0 Å². The third-order valence-electron chi connectivity index (χ3n) is 3.73. The number of likely N-dealkylation sites (tertiary alicyclic amines) is 1. The molecular formula is C14H19NO3. The molecule has 0 aliphatic carbocycles. The highest BCUT2D eigenvalue weighted by molar-refractivity contribution is 5.98. The summed E-state index contributed by atoms with van der Waals surface area (Å²) in [6, 6.07) is 0. The van der Waals surface area contributed by atoms with E-state index in [4.69, 9.17) is 4.42 Å². The molecule has 98 valence electrons. The molecule has 18 heavy (non-hydrogen) atoms. The number of hydrogen-bond acceptors (Lipinski definition) is 3. The fourth-order valence-corrected chi connectivity index (χ4v) is 2.47. The van der Waals surface area contributed by atoms with Gasteiger partial charge in [0, 0.05) is 31.0 Å². The van der Waals surface area contributed by atoms with Gasteiger partial charge in [0.15, 0.2) is 0 Å². The van der Waals surface area contributed by atoms with Crippen molar-refractivity contribution >= 4 is 11.7 Å². The molecule has 0 radical (unpaired) electrons. The van der Waals surface area contributed by atoms with Gasteiger partial charge in [0.25, 0.3) is 5.91 Å². The van der Waals surface area contributed by atoms with E-state index in [9.17, 15) is 9.59 Å². The van der Waals surface area contributed by atoms with Crippen LogP contribution in [0, 0.1) is 26.7 Å². The lowest BCUT2D eigenvalue weighted by Crippen LogP contribution is -2.43. The van der Waals surface area contributed by atoms with Gasteiger partial charge in [-0.25, -0.2) is 0 Å². The van der Waals surface area contributed by atoms with Crippen LogP contribution < -0.4 is 0 Å². The van der Waals surface area contributed by atoms with Crippen molar-refractivity contribution in [3.8, 4) is 0 Å². The van der Waals surface area contributed by atoms with Crippen molar-refractivity contribution in [2.45, 2.75) is 34.1 Å². The molecule has 1 aliphatic rings. The lowest BCUT2D eigenvalue weighted by atomic mass is 9.97. The summed E-state index contributed by atoms with van der Waals surface area (Å²) in [4.78, 5) is 25.7. The van der Waals surface area contributed by atoms with Gasteiger partial charge in [-0.3, -0.25) is 9.59 Å². The number of piperidine rings is 1. The predicted octanol–water partition coefficient (Wildman–Crippen LogP) is 2.26. The summed E-state index contributed by atoms with van der Waals surface area (Å²) < 4.78 is 5.49. The van der Waals surface area contributed by atoms with E-state index < -0.39 is 0 Å². The molecule has 4 nitrogen and oxygen atoms in total. The number of amides is 1. The largest absolute Gasteiger partial charge is 0.466 e. The highest BCUT2D eigenvalue weighted by Gasteiger charge is 2.30. The van der Waals surface area contributed by atoms with E-state index in [1.54, 1.807) is 4.90 Å². The number of rotatable bonds is 1. The van der Waals surface area contributed by atoms with E-state index >= 15 is 0 Å². The SMILES string of the molecule is Cc1oc(C)c(C(=O)N2CCC(=O)C(C)C2)c1C. The number of ketones is 1. The lowest BCUT2D eigenvalue weighted by molar-refractivity contribution is -0.124. The van der Waals surface area contributed by atoms with E-state index in [-0.39, 0.29) is 17.6 Å². The van der Waals surface area contributed by atoms with E-state index in [1.165, 1.54) is 0 Å². The Labute approximate surface area is 107 Å². The monoisotopic (exact) mass is 249 g/mol. The zero-order valence-electron chi connectivity index (χ0n) is 11.4. The number of nitrogens with zero attached hydrogens (tertiary/aromatic N) is 1. The normalized spacial score (nSPS) is 20.3. The second kappa shape index (κ2) is 4.59. The van der Waals surface area contributed by atoms with Crippen LogP contribution in [0.25, 0.3) is 0 Å². The zero-order chi connectivity index (χ0) is 13.4. The number of aryl methyl sites for hydroxylation is 2. The van der Waals surface area contributed by atoms with Crippen molar-refractivity contribution in [2.24, 2.45) is 5.92 Å². The Kier molecular flexibility index (Phi) is 3.28. The summed E-state index contributed by atoms with van der Waals surface area (Å²) >= 11 is 0. The first-order valence-electron chi connectivity index (χ1n) is 6.30. The van der Waals surface area contributed by atoms with Gasteiger partial charge in [0.05, 0.1) is 5.56 Å². The standard InChI is InChI=1S/C14H19NO3/c1-8-7-15(6-5-12(8)16)14(17)13-9(2)10(3)18-11(13)4/h8H,5-7H2,1-4H3. The van der Waals surface area contributed by atoms with Crippen LogP contribution in [-0.2, 0) is 4.79 Å². The number of hydrogen-bond donors (Lipinski definition) is 0. The predicted molar refractivity (Wildman–Crippen MR) is 67.6 cm³/mol. The Hall–Kier alpha value is -1.58. The maximum absolute atomic E-state index is 12.5. The topological polar surface area (TPSA) is 50.5 Å². The molecule has 0 aromatic carbocycles. The molecule has 1 aliphatic heterocycles. The molecule has 4 heteroatoms. The second-order valence-electron chi connectivity index (χ2n) is 5.08. The first-order chi connectivity index (χ1) is 8.41.